The molecular weight excluding hydrogens is 868 g/mol. The maximum atomic E-state index is 12.7. The summed E-state index contributed by atoms with van der Waals surface area (Å²) in [5.74, 6) is -3.41. The zero-order valence-corrected chi connectivity index (χ0v) is 33.6. The molecule has 0 amide bonds. The molecule has 1 heterocycles. The Hall–Kier alpha value is -6.37. The summed E-state index contributed by atoms with van der Waals surface area (Å²) in [4.78, 5) is 58.8. The quantitative estimate of drug-likeness (QED) is 0.0640. The molecule has 0 saturated heterocycles. The highest BCUT2D eigenvalue weighted by molar-refractivity contribution is 6.35. The summed E-state index contributed by atoms with van der Waals surface area (Å²) in [6, 6.07) is 17.2. The molecule has 318 valence electrons. The van der Waals surface area contributed by atoms with Crippen LogP contribution in [0.2, 0.25) is 15.1 Å². The molecule has 4 aromatic carbocycles. The number of halogens is 6. The molecule has 1 atom stereocenters. The van der Waals surface area contributed by atoms with E-state index in [4.69, 9.17) is 64.0 Å². The number of benzene rings is 4. The molecular formula is C39H32Cl3F3N2O13. The molecule has 0 saturated carbocycles. The number of hydrogen-bond donors (Lipinski definition) is 2. The number of nitro groups is 1. The van der Waals surface area contributed by atoms with E-state index < -0.39 is 71.1 Å². The monoisotopic (exact) mass is 898 g/mol. The lowest BCUT2D eigenvalue weighted by atomic mass is 10.1. The first-order valence-electron chi connectivity index (χ1n) is 16.9. The zero-order chi connectivity index (χ0) is 44.7. The predicted octanol–water partition coefficient (Wildman–Crippen LogP) is 9.63. The zero-order valence-electron chi connectivity index (χ0n) is 31.3. The molecule has 5 rings (SSSR count). The molecule has 0 spiro atoms. The number of nitrogens with zero attached hydrogens (tertiary/aromatic N) is 2. The average molecular weight is 900 g/mol. The van der Waals surface area contributed by atoms with Gasteiger partial charge in [-0.05, 0) is 93.1 Å². The number of aromatic nitrogens is 1. The second-order valence-electron chi connectivity index (χ2n) is 11.7. The number of rotatable bonds is 13. The van der Waals surface area contributed by atoms with E-state index in [0.717, 1.165) is 41.3 Å². The Morgan fingerprint density at radius 3 is 2.15 bits per heavy atom. The van der Waals surface area contributed by atoms with Gasteiger partial charge in [0, 0.05) is 28.7 Å². The van der Waals surface area contributed by atoms with Gasteiger partial charge < -0.3 is 33.9 Å². The summed E-state index contributed by atoms with van der Waals surface area (Å²) >= 11 is 17.5. The van der Waals surface area contributed by atoms with Crippen LogP contribution < -0.4 is 14.2 Å². The van der Waals surface area contributed by atoms with Crippen LogP contribution in [-0.4, -0.2) is 69.9 Å². The summed E-state index contributed by atoms with van der Waals surface area (Å²) < 4.78 is 63.1. The molecule has 0 radical (unpaired) electrons. The first-order valence-corrected chi connectivity index (χ1v) is 18.0. The van der Waals surface area contributed by atoms with E-state index in [1.54, 1.807) is 48.7 Å². The van der Waals surface area contributed by atoms with Crippen LogP contribution in [0, 0.1) is 17.0 Å². The van der Waals surface area contributed by atoms with Crippen LogP contribution in [0.15, 0.2) is 85.1 Å². The van der Waals surface area contributed by atoms with E-state index in [2.05, 4.69) is 9.72 Å². The Morgan fingerprint density at radius 2 is 1.55 bits per heavy atom. The number of fused-ring (bicyclic) bond motifs is 1. The minimum Gasteiger partial charge on any atom is -0.480 e. The Kier molecular flexibility index (Phi) is 17.7. The van der Waals surface area contributed by atoms with Crippen LogP contribution in [0.25, 0.3) is 10.9 Å². The van der Waals surface area contributed by atoms with Gasteiger partial charge in [0.1, 0.15) is 34.1 Å². The number of pyridine rings is 1. The van der Waals surface area contributed by atoms with Gasteiger partial charge in [-0.1, -0.05) is 34.8 Å². The van der Waals surface area contributed by atoms with E-state index in [1.807, 2.05) is 6.92 Å². The number of aryl methyl sites for hydroxylation is 1. The SMILES string of the molecule is CCOC(=O)COC(=O)c1cc(Oc2ccc(C(F)(F)F)cc2Cl)ccc1[N+](=O)[O-].Cc1cc(Cl)ccc1OC(C)C(=O)O.O=C(O)COc1ccc(Cl)c2cccnc12. The molecule has 0 fully saturated rings. The Balaban J connectivity index is 0.000000267. The number of carbonyl (C=O) groups is 4. The van der Waals surface area contributed by atoms with Crippen LogP contribution in [0.5, 0.6) is 23.0 Å². The highest BCUT2D eigenvalue weighted by atomic mass is 35.5. The topological polar surface area (TPSA) is 211 Å². The van der Waals surface area contributed by atoms with Gasteiger partial charge >= 0.3 is 30.1 Å². The summed E-state index contributed by atoms with van der Waals surface area (Å²) in [6.45, 7) is 3.73. The molecule has 15 nitrogen and oxygen atoms in total. The third-order valence-electron chi connectivity index (χ3n) is 7.32. The third-order valence-corrected chi connectivity index (χ3v) is 8.18. The first-order chi connectivity index (χ1) is 28.2. The van der Waals surface area contributed by atoms with Crippen molar-refractivity contribution in [3.05, 3.63) is 127 Å². The largest absolute Gasteiger partial charge is 0.480 e. The van der Waals surface area contributed by atoms with E-state index in [9.17, 15) is 42.5 Å². The van der Waals surface area contributed by atoms with Gasteiger partial charge in [-0.15, -0.1) is 0 Å². The van der Waals surface area contributed by atoms with Gasteiger partial charge in [0.2, 0.25) is 0 Å². The molecule has 60 heavy (non-hydrogen) atoms. The predicted molar refractivity (Wildman–Crippen MR) is 210 cm³/mol. The Bertz CT molecular complexity index is 2360. The first kappa shape index (κ1) is 48.0. The summed E-state index contributed by atoms with van der Waals surface area (Å²) in [6.07, 6.45) is -3.85. The number of esters is 2. The normalized spacial score (nSPS) is 11.1. The maximum Gasteiger partial charge on any atom is 0.416 e. The van der Waals surface area contributed by atoms with Gasteiger partial charge in [-0.2, -0.15) is 13.2 Å². The molecule has 1 unspecified atom stereocenters. The van der Waals surface area contributed by atoms with Gasteiger partial charge in [0.05, 0.1) is 27.1 Å². The van der Waals surface area contributed by atoms with Crippen molar-refractivity contribution in [2.45, 2.75) is 33.1 Å². The van der Waals surface area contributed by atoms with Crippen molar-refractivity contribution in [3.8, 4) is 23.0 Å². The fourth-order valence-corrected chi connectivity index (χ4v) is 5.21. The molecule has 5 aromatic rings. The highest BCUT2D eigenvalue weighted by Gasteiger charge is 2.31. The lowest BCUT2D eigenvalue weighted by molar-refractivity contribution is -0.385. The molecule has 21 heteroatoms. The van der Waals surface area contributed by atoms with E-state index >= 15 is 0 Å². The highest BCUT2D eigenvalue weighted by Crippen LogP contribution is 2.37. The van der Waals surface area contributed by atoms with Gasteiger partial charge in [0.15, 0.2) is 19.3 Å². The van der Waals surface area contributed by atoms with Crippen molar-refractivity contribution in [1.82, 2.24) is 4.98 Å². The number of ether oxygens (including phenoxy) is 5. The number of carboxylic acids is 2. The van der Waals surface area contributed by atoms with Crippen molar-refractivity contribution in [1.29, 1.82) is 0 Å². The van der Waals surface area contributed by atoms with Crippen molar-refractivity contribution in [3.63, 3.8) is 0 Å². The maximum absolute atomic E-state index is 12.7. The van der Waals surface area contributed by atoms with Crippen LogP contribution in [-0.2, 0) is 30.0 Å². The van der Waals surface area contributed by atoms with E-state index in [-0.39, 0.29) is 23.1 Å². The number of hydrogen-bond acceptors (Lipinski definition) is 12. The minimum atomic E-state index is -4.61. The molecule has 2 N–H and O–H groups in total. The van der Waals surface area contributed by atoms with Crippen LogP contribution in [0.4, 0.5) is 18.9 Å². The second kappa shape index (κ2) is 22.1. The standard InChI is InChI=1S/C18H13ClF3NO7.C11H8ClNO3.C10H11ClO3/c1-2-28-16(24)9-29-17(25)12-8-11(4-5-14(12)23(26)27)30-15-6-3-10(7-13(15)19)18(20,21)22;12-8-3-4-9(16-6-10(14)15)11-7(8)2-1-5-13-11;1-6-5-8(11)3-4-9(6)14-7(2)10(12)13/h3-8H,2,9H2,1H3;1-5H,6H2,(H,14,15);3-5,7H,1-2H3,(H,12,13). The molecule has 0 aliphatic heterocycles. The average Bonchev–Trinajstić information content (AvgIpc) is 3.18. The molecule has 1 aromatic heterocycles. The minimum absolute atomic E-state index is 0.0493. The molecule has 0 aliphatic carbocycles. The number of carboxylic acid groups (broad SMARTS) is 2. The molecule has 0 aliphatic rings. The summed E-state index contributed by atoms with van der Waals surface area (Å²) in [5, 5.41) is 29.9. The smallest absolute Gasteiger partial charge is 0.416 e. The lowest BCUT2D eigenvalue weighted by Gasteiger charge is -2.12. The van der Waals surface area contributed by atoms with Gasteiger partial charge in [-0.25, -0.2) is 19.2 Å². The fourth-order valence-electron chi connectivity index (χ4n) is 4.55. The van der Waals surface area contributed by atoms with Crippen molar-refractivity contribution in [2.24, 2.45) is 0 Å². The number of carbonyl (C=O) groups excluding carboxylic acids is 2. The van der Waals surface area contributed by atoms with Gasteiger partial charge in [-0.3, -0.25) is 15.1 Å². The van der Waals surface area contributed by atoms with Crippen molar-refractivity contribution in [2.75, 3.05) is 19.8 Å². The van der Waals surface area contributed by atoms with Crippen LogP contribution >= 0.6 is 34.8 Å². The Morgan fingerprint density at radius 1 is 0.867 bits per heavy atom. The number of alkyl halides is 3. The summed E-state index contributed by atoms with van der Waals surface area (Å²) in [7, 11) is 0. The van der Waals surface area contributed by atoms with Gasteiger partial charge in [0.25, 0.3) is 5.69 Å². The molecule has 0 bridgehead atoms. The van der Waals surface area contributed by atoms with Crippen LogP contribution in [0.1, 0.15) is 35.3 Å². The van der Waals surface area contributed by atoms with Crippen molar-refractivity contribution < 1.29 is 71.2 Å². The number of aliphatic carboxylic acids is 2. The van der Waals surface area contributed by atoms with E-state index in [1.165, 1.54) is 13.8 Å². The third kappa shape index (κ3) is 14.5. The van der Waals surface area contributed by atoms with E-state index in [0.29, 0.717) is 33.1 Å². The lowest BCUT2D eigenvalue weighted by Crippen LogP contribution is -2.23. The summed E-state index contributed by atoms with van der Waals surface area (Å²) in [5.41, 5.74) is -0.770. The van der Waals surface area contributed by atoms with Crippen molar-refractivity contribution >= 4 is 75.3 Å². The Labute approximate surface area is 353 Å². The van der Waals surface area contributed by atoms with Crippen LogP contribution in [0.3, 0.4) is 0 Å². The second-order valence-corrected chi connectivity index (χ2v) is 12.9. The number of nitro benzene ring substituents is 1. The fraction of sp³-hybridized carbons (Fsp3) is 0.205.